The van der Waals surface area contributed by atoms with Crippen LogP contribution in [0.5, 0.6) is 0 Å². The van der Waals surface area contributed by atoms with Gasteiger partial charge in [-0.25, -0.2) is 5.48 Å². The molecule has 0 atom stereocenters. The van der Waals surface area contributed by atoms with Crippen LogP contribution in [-0.4, -0.2) is 17.7 Å². The molecule has 84 valence electrons. The van der Waals surface area contributed by atoms with Gasteiger partial charge in [0.05, 0.1) is 0 Å². The zero-order valence-electron chi connectivity index (χ0n) is 8.92. The Morgan fingerprint density at radius 1 is 1.44 bits per heavy atom. The molecule has 0 bridgehead atoms. The molecule has 1 heterocycles. The van der Waals surface area contributed by atoms with Crippen molar-refractivity contribution in [2.45, 2.75) is 13.0 Å². The zero-order chi connectivity index (χ0) is 11.5. The smallest absolute Gasteiger partial charge is 0.274 e. The average Bonchev–Trinajstić information content (AvgIpc) is 2.36. The van der Waals surface area contributed by atoms with E-state index in [1.54, 1.807) is 5.48 Å². The molecule has 1 aromatic carbocycles. The van der Waals surface area contributed by atoms with Crippen molar-refractivity contribution in [3.05, 3.63) is 41.5 Å². The summed E-state index contributed by atoms with van der Waals surface area (Å²) >= 11 is 0. The highest BCUT2D eigenvalue weighted by Gasteiger charge is 2.13. The van der Waals surface area contributed by atoms with E-state index in [-0.39, 0.29) is 5.57 Å². The number of hydrogen-bond acceptors (Lipinski definition) is 3. The second kappa shape index (κ2) is 4.47. The Balaban J connectivity index is 2.30. The van der Waals surface area contributed by atoms with Crippen molar-refractivity contribution in [1.29, 1.82) is 0 Å². The molecule has 3 N–H and O–H groups in total. The minimum atomic E-state index is -0.561. The third-order valence-electron chi connectivity index (χ3n) is 2.82. The second-order valence-electron chi connectivity index (χ2n) is 3.83. The summed E-state index contributed by atoms with van der Waals surface area (Å²) in [4.78, 5) is 11.2. The molecule has 0 radical (unpaired) electrons. The van der Waals surface area contributed by atoms with Gasteiger partial charge in [-0.2, -0.15) is 0 Å². The zero-order valence-corrected chi connectivity index (χ0v) is 8.92. The van der Waals surface area contributed by atoms with Crippen LogP contribution in [0.1, 0.15) is 16.7 Å². The van der Waals surface area contributed by atoms with Crippen molar-refractivity contribution in [2.75, 3.05) is 6.54 Å². The summed E-state index contributed by atoms with van der Waals surface area (Å²) in [5.74, 6) is -0.561. The van der Waals surface area contributed by atoms with E-state index in [2.05, 4.69) is 11.9 Å². The lowest BCUT2D eigenvalue weighted by molar-refractivity contribution is -0.123. The monoisotopic (exact) mass is 218 g/mol. The molecular weight excluding hydrogens is 204 g/mol. The van der Waals surface area contributed by atoms with Gasteiger partial charge in [-0.1, -0.05) is 24.8 Å². The molecule has 0 fully saturated rings. The van der Waals surface area contributed by atoms with Crippen molar-refractivity contribution in [2.24, 2.45) is 0 Å². The van der Waals surface area contributed by atoms with E-state index in [1.807, 2.05) is 18.2 Å². The largest absolute Gasteiger partial charge is 0.312 e. The summed E-state index contributed by atoms with van der Waals surface area (Å²) in [6, 6.07) is 5.81. The fraction of sp³-hybridized carbons (Fsp3) is 0.250. The molecule has 0 spiro atoms. The number of carbonyl (C=O) groups is 1. The molecule has 2 rings (SSSR count). The fourth-order valence-corrected chi connectivity index (χ4v) is 1.86. The molecule has 1 amide bonds. The molecule has 0 aliphatic carbocycles. The molecule has 0 unspecified atom stereocenters. The van der Waals surface area contributed by atoms with Gasteiger partial charge in [0.1, 0.15) is 0 Å². The van der Waals surface area contributed by atoms with Gasteiger partial charge >= 0.3 is 0 Å². The van der Waals surface area contributed by atoms with Crippen LogP contribution in [0.25, 0.3) is 5.57 Å². The topological polar surface area (TPSA) is 61.4 Å². The Hall–Kier alpha value is -1.65. The molecule has 0 saturated carbocycles. The molecule has 16 heavy (non-hydrogen) atoms. The first kappa shape index (κ1) is 10.9. The lowest BCUT2D eigenvalue weighted by Crippen LogP contribution is -2.24. The van der Waals surface area contributed by atoms with Crippen LogP contribution in [0.2, 0.25) is 0 Å². The quantitative estimate of drug-likeness (QED) is 0.392. The third-order valence-corrected chi connectivity index (χ3v) is 2.82. The molecule has 0 aromatic heterocycles. The number of hydrogen-bond donors (Lipinski definition) is 3. The van der Waals surface area contributed by atoms with Gasteiger partial charge in [-0.15, -0.1) is 0 Å². The van der Waals surface area contributed by atoms with Gasteiger partial charge < -0.3 is 5.32 Å². The Labute approximate surface area is 93.9 Å². The van der Waals surface area contributed by atoms with E-state index in [1.165, 1.54) is 11.1 Å². The lowest BCUT2D eigenvalue weighted by Gasteiger charge is -2.18. The lowest BCUT2D eigenvalue weighted by atomic mass is 9.96. The van der Waals surface area contributed by atoms with Crippen molar-refractivity contribution < 1.29 is 10.0 Å². The predicted octanol–water partition coefficient (Wildman–Crippen LogP) is 0.851. The Morgan fingerprint density at radius 2 is 2.25 bits per heavy atom. The van der Waals surface area contributed by atoms with Crippen LogP contribution in [0.4, 0.5) is 0 Å². The summed E-state index contributed by atoms with van der Waals surface area (Å²) in [5.41, 5.74) is 5.13. The maximum atomic E-state index is 11.2. The highest BCUT2D eigenvalue weighted by atomic mass is 16.5. The van der Waals surface area contributed by atoms with Crippen molar-refractivity contribution in [1.82, 2.24) is 10.8 Å². The SMILES string of the molecule is C=C(C(=O)NO)c1ccc2c(c1)CCNC2. The van der Waals surface area contributed by atoms with Gasteiger partial charge in [0.15, 0.2) is 0 Å². The van der Waals surface area contributed by atoms with E-state index in [0.29, 0.717) is 0 Å². The number of carbonyl (C=O) groups excluding carboxylic acids is 1. The van der Waals surface area contributed by atoms with Crippen molar-refractivity contribution >= 4 is 11.5 Å². The minimum absolute atomic E-state index is 0.281. The molecule has 4 heteroatoms. The van der Waals surface area contributed by atoms with E-state index >= 15 is 0 Å². The average molecular weight is 218 g/mol. The third kappa shape index (κ3) is 1.98. The van der Waals surface area contributed by atoms with Gasteiger partial charge in [0.2, 0.25) is 0 Å². The van der Waals surface area contributed by atoms with Crippen molar-refractivity contribution in [3.8, 4) is 0 Å². The summed E-state index contributed by atoms with van der Waals surface area (Å²) in [5, 5.41) is 11.8. The van der Waals surface area contributed by atoms with Crippen LogP contribution in [0.3, 0.4) is 0 Å². The Morgan fingerprint density at radius 3 is 3.00 bits per heavy atom. The van der Waals surface area contributed by atoms with Crippen LogP contribution in [-0.2, 0) is 17.8 Å². The number of benzene rings is 1. The normalized spacial score (nSPS) is 14.1. The van der Waals surface area contributed by atoms with E-state index in [9.17, 15) is 4.79 Å². The minimum Gasteiger partial charge on any atom is -0.312 e. The van der Waals surface area contributed by atoms with Crippen LogP contribution < -0.4 is 10.8 Å². The second-order valence-corrected chi connectivity index (χ2v) is 3.83. The van der Waals surface area contributed by atoms with Crippen LogP contribution in [0, 0.1) is 0 Å². The standard InChI is InChI=1S/C12H14N2O2/c1-8(12(15)14-16)9-2-3-11-7-13-5-4-10(11)6-9/h2-3,6,13,16H,1,4-5,7H2,(H,14,15). The predicted molar refractivity (Wildman–Crippen MR) is 60.8 cm³/mol. The van der Waals surface area contributed by atoms with E-state index in [0.717, 1.165) is 25.1 Å². The van der Waals surface area contributed by atoms with Crippen LogP contribution >= 0.6 is 0 Å². The molecule has 1 aliphatic rings. The first-order valence-electron chi connectivity index (χ1n) is 5.18. The summed E-state index contributed by atoms with van der Waals surface area (Å²) in [6.07, 6.45) is 0.956. The maximum absolute atomic E-state index is 11.2. The maximum Gasteiger partial charge on any atom is 0.274 e. The van der Waals surface area contributed by atoms with E-state index in [4.69, 9.17) is 5.21 Å². The number of rotatable bonds is 2. The number of hydroxylamine groups is 1. The highest BCUT2D eigenvalue weighted by molar-refractivity contribution is 6.18. The van der Waals surface area contributed by atoms with Gasteiger partial charge in [-0.05, 0) is 29.7 Å². The van der Waals surface area contributed by atoms with Gasteiger partial charge in [-0.3, -0.25) is 10.0 Å². The molecule has 1 aliphatic heterocycles. The van der Waals surface area contributed by atoms with Crippen molar-refractivity contribution in [3.63, 3.8) is 0 Å². The number of nitrogens with one attached hydrogen (secondary N) is 2. The molecule has 4 nitrogen and oxygen atoms in total. The first-order chi connectivity index (χ1) is 7.72. The van der Waals surface area contributed by atoms with Gasteiger partial charge in [0, 0.05) is 12.1 Å². The molecule has 1 aromatic rings. The molecular formula is C12H14N2O2. The summed E-state index contributed by atoms with van der Waals surface area (Å²) in [7, 11) is 0. The van der Waals surface area contributed by atoms with Crippen LogP contribution in [0.15, 0.2) is 24.8 Å². The highest BCUT2D eigenvalue weighted by Crippen LogP contribution is 2.20. The summed E-state index contributed by atoms with van der Waals surface area (Å²) in [6.45, 7) is 5.48. The number of fused-ring (bicyclic) bond motifs is 1. The van der Waals surface area contributed by atoms with E-state index < -0.39 is 5.91 Å². The van der Waals surface area contributed by atoms with Gasteiger partial charge in [0.25, 0.3) is 5.91 Å². The Bertz CT molecular complexity index is 441. The molecule has 0 saturated heterocycles. The Kier molecular flexibility index (Phi) is 3.03. The fourth-order valence-electron chi connectivity index (χ4n) is 1.86. The summed E-state index contributed by atoms with van der Waals surface area (Å²) < 4.78 is 0. The first-order valence-corrected chi connectivity index (χ1v) is 5.18. The number of amides is 1.